The van der Waals surface area contributed by atoms with Crippen molar-refractivity contribution in [3.8, 4) is 11.5 Å². The van der Waals surface area contributed by atoms with Crippen LogP contribution in [-0.2, 0) is 14.8 Å². The maximum atomic E-state index is 13.1. The summed E-state index contributed by atoms with van der Waals surface area (Å²) in [7, 11) is -3.68. The summed E-state index contributed by atoms with van der Waals surface area (Å²) in [5, 5.41) is 0.471. The van der Waals surface area contributed by atoms with Gasteiger partial charge in [0.05, 0.1) is 29.6 Å². The summed E-state index contributed by atoms with van der Waals surface area (Å²) in [5.41, 5.74) is 0.809. The highest BCUT2D eigenvalue weighted by molar-refractivity contribution is 7.99. The molecular weight excluding hydrogens is 442 g/mol. The van der Waals surface area contributed by atoms with Crippen LogP contribution in [0.15, 0.2) is 32.7 Å². The van der Waals surface area contributed by atoms with E-state index in [0.29, 0.717) is 43.0 Å². The number of amides is 1. The van der Waals surface area contributed by atoms with Crippen LogP contribution in [0.4, 0.5) is 0 Å². The van der Waals surface area contributed by atoms with Gasteiger partial charge in [-0.1, -0.05) is 11.8 Å². The lowest BCUT2D eigenvalue weighted by Crippen LogP contribution is -2.50. The lowest BCUT2D eigenvalue weighted by Gasteiger charge is -2.34. The van der Waals surface area contributed by atoms with Crippen molar-refractivity contribution < 1.29 is 27.1 Å². The van der Waals surface area contributed by atoms with Crippen molar-refractivity contribution in [2.75, 3.05) is 45.1 Å². The smallest absolute Gasteiger partial charge is 0.256 e. The maximum absolute atomic E-state index is 13.1. The van der Waals surface area contributed by atoms with Crippen LogP contribution in [0, 0.1) is 13.8 Å². The summed E-state index contributed by atoms with van der Waals surface area (Å²) in [6.07, 6.45) is 0.750. The number of thioether (sulfide) groups is 1. The van der Waals surface area contributed by atoms with Crippen molar-refractivity contribution in [2.24, 2.45) is 0 Å². The number of carbonyl (C=O) groups is 1. The van der Waals surface area contributed by atoms with E-state index in [2.05, 4.69) is 4.98 Å². The third-order valence-corrected chi connectivity index (χ3v) is 7.98. The van der Waals surface area contributed by atoms with E-state index in [4.69, 9.17) is 13.9 Å². The molecule has 4 rings (SSSR count). The van der Waals surface area contributed by atoms with Crippen molar-refractivity contribution in [1.82, 2.24) is 14.2 Å². The van der Waals surface area contributed by atoms with Gasteiger partial charge < -0.3 is 18.8 Å². The average molecular weight is 468 g/mol. The molecule has 0 saturated carbocycles. The number of carbonyl (C=O) groups excluding carboxylic acids is 1. The molecule has 1 amide bonds. The van der Waals surface area contributed by atoms with Crippen LogP contribution in [0.2, 0.25) is 0 Å². The van der Waals surface area contributed by atoms with Gasteiger partial charge in [-0.2, -0.15) is 4.31 Å². The second-order valence-electron chi connectivity index (χ2n) is 7.35. The number of nitrogens with zero attached hydrogens (tertiary/aromatic N) is 3. The van der Waals surface area contributed by atoms with Gasteiger partial charge in [0.2, 0.25) is 15.9 Å². The monoisotopic (exact) mass is 467 g/mol. The molecule has 1 aromatic heterocycles. The summed E-state index contributed by atoms with van der Waals surface area (Å²) < 4.78 is 44.2. The van der Waals surface area contributed by atoms with Crippen LogP contribution in [0.3, 0.4) is 0 Å². The highest BCUT2D eigenvalue weighted by Gasteiger charge is 2.31. The van der Waals surface area contributed by atoms with Gasteiger partial charge in [0, 0.05) is 38.7 Å². The lowest BCUT2D eigenvalue weighted by molar-refractivity contribution is -0.129. The van der Waals surface area contributed by atoms with E-state index < -0.39 is 10.0 Å². The molecule has 2 aliphatic heterocycles. The number of fused-ring (bicyclic) bond motifs is 1. The Hall–Kier alpha value is -2.24. The van der Waals surface area contributed by atoms with Crippen LogP contribution >= 0.6 is 11.8 Å². The molecule has 168 valence electrons. The molecule has 0 bridgehead atoms. The molecule has 2 aliphatic rings. The number of sulfonamides is 1. The van der Waals surface area contributed by atoms with Gasteiger partial charge in [0.15, 0.2) is 11.5 Å². The van der Waals surface area contributed by atoms with E-state index in [1.807, 2.05) is 13.8 Å². The highest BCUT2D eigenvalue weighted by atomic mass is 32.2. The van der Waals surface area contributed by atoms with Crippen molar-refractivity contribution in [2.45, 2.75) is 30.4 Å². The zero-order valence-corrected chi connectivity index (χ0v) is 19.1. The minimum Gasteiger partial charge on any atom is -0.490 e. The molecule has 0 N–H and O–H groups in total. The Morgan fingerprint density at radius 1 is 1.10 bits per heavy atom. The minimum absolute atomic E-state index is 0.0638. The third kappa shape index (κ3) is 4.83. The van der Waals surface area contributed by atoms with Gasteiger partial charge >= 0.3 is 0 Å². The van der Waals surface area contributed by atoms with Crippen molar-refractivity contribution in [3.05, 3.63) is 29.7 Å². The first-order valence-electron chi connectivity index (χ1n) is 10.1. The Labute approximate surface area is 185 Å². The second-order valence-corrected chi connectivity index (χ2v) is 10.2. The SMILES string of the molecule is Cc1nc(SCC(=O)N2CCN(S(=O)(=O)c3ccc4c(c3)OCCCO4)CC2)oc1C. The fourth-order valence-corrected chi connectivity index (χ4v) is 5.60. The molecule has 9 nitrogen and oxygen atoms in total. The van der Waals surface area contributed by atoms with Crippen LogP contribution in [-0.4, -0.2) is 73.7 Å². The van der Waals surface area contributed by atoms with Crippen LogP contribution in [0.5, 0.6) is 11.5 Å². The largest absolute Gasteiger partial charge is 0.490 e. The molecule has 11 heteroatoms. The number of hydrogen-bond acceptors (Lipinski definition) is 8. The van der Waals surface area contributed by atoms with E-state index in [0.717, 1.165) is 17.9 Å². The second kappa shape index (κ2) is 9.09. The number of aromatic nitrogens is 1. The lowest BCUT2D eigenvalue weighted by atomic mass is 10.3. The third-order valence-electron chi connectivity index (χ3n) is 5.28. The van der Waals surface area contributed by atoms with Gasteiger partial charge in [0.25, 0.3) is 5.22 Å². The quantitative estimate of drug-likeness (QED) is 0.616. The standard InChI is InChI=1S/C20H25N3O6S2/c1-14-15(2)29-20(21-14)30-13-19(24)22-6-8-23(9-7-22)31(25,26)16-4-5-17-18(12-16)28-11-3-10-27-17/h4-5,12H,3,6-11,13H2,1-2H3. The Balaban J connectivity index is 1.35. The Morgan fingerprint density at radius 2 is 1.81 bits per heavy atom. The number of ether oxygens (including phenoxy) is 2. The van der Waals surface area contributed by atoms with Gasteiger partial charge in [-0.25, -0.2) is 13.4 Å². The number of oxazole rings is 1. The van der Waals surface area contributed by atoms with Gasteiger partial charge in [-0.15, -0.1) is 0 Å². The van der Waals surface area contributed by atoms with E-state index in [1.54, 1.807) is 11.0 Å². The van der Waals surface area contributed by atoms with E-state index >= 15 is 0 Å². The highest BCUT2D eigenvalue weighted by Crippen LogP contribution is 2.33. The van der Waals surface area contributed by atoms with Crippen molar-refractivity contribution >= 4 is 27.7 Å². The van der Waals surface area contributed by atoms with Gasteiger partial charge in [-0.3, -0.25) is 4.79 Å². The predicted octanol–water partition coefficient (Wildman–Crippen LogP) is 2.08. The first-order chi connectivity index (χ1) is 14.8. The molecule has 0 spiro atoms. The maximum Gasteiger partial charge on any atom is 0.256 e. The Bertz CT molecular complexity index is 1040. The number of rotatable bonds is 5. The average Bonchev–Trinajstić information content (AvgIpc) is 2.95. The fraction of sp³-hybridized carbons (Fsp3) is 0.500. The van der Waals surface area contributed by atoms with E-state index in [1.165, 1.54) is 28.2 Å². The minimum atomic E-state index is -3.68. The van der Waals surface area contributed by atoms with E-state index in [9.17, 15) is 13.2 Å². The molecule has 31 heavy (non-hydrogen) atoms. The number of aryl methyl sites for hydroxylation is 2. The van der Waals surface area contributed by atoms with Crippen molar-refractivity contribution in [3.63, 3.8) is 0 Å². The molecule has 0 radical (unpaired) electrons. The number of benzene rings is 1. The molecule has 0 aliphatic carbocycles. The molecule has 3 heterocycles. The summed E-state index contributed by atoms with van der Waals surface area (Å²) in [5.74, 6) is 1.88. The van der Waals surface area contributed by atoms with E-state index in [-0.39, 0.29) is 29.6 Å². The normalized spacial score (nSPS) is 17.4. The van der Waals surface area contributed by atoms with Gasteiger partial charge in [-0.05, 0) is 26.0 Å². The Kier molecular flexibility index (Phi) is 6.44. The molecule has 0 unspecified atom stereocenters. The molecule has 1 saturated heterocycles. The van der Waals surface area contributed by atoms with Crippen LogP contribution < -0.4 is 9.47 Å². The number of hydrogen-bond donors (Lipinski definition) is 0. The molecule has 0 atom stereocenters. The molecular formula is C20H25N3O6S2. The fourth-order valence-electron chi connectivity index (χ4n) is 3.35. The summed E-state index contributed by atoms with van der Waals surface area (Å²) >= 11 is 1.25. The molecule has 1 fully saturated rings. The molecule has 2 aromatic rings. The summed E-state index contributed by atoms with van der Waals surface area (Å²) in [6, 6.07) is 4.69. The van der Waals surface area contributed by atoms with Gasteiger partial charge in [0.1, 0.15) is 5.76 Å². The van der Waals surface area contributed by atoms with Crippen molar-refractivity contribution in [1.29, 1.82) is 0 Å². The number of piperazine rings is 1. The first kappa shape index (κ1) is 22.0. The zero-order valence-electron chi connectivity index (χ0n) is 17.5. The predicted molar refractivity (Wildman–Crippen MR) is 114 cm³/mol. The summed E-state index contributed by atoms with van der Waals surface area (Å²) in [6.45, 7) is 5.88. The Morgan fingerprint density at radius 3 is 2.48 bits per heavy atom. The first-order valence-corrected chi connectivity index (χ1v) is 12.5. The topological polar surface area (TPSA) is 102 Å². The van der Waals surface area contributed by atoms with Crippen LogP contribution in [0.25, 0.3) is 0 Å². The zero-order chi connectivity index (χ0) is 22.0. The summed E-state index contributed by atoms with van der Waals surface area (Å²) in [4.78, 5) is 18.6. The van der Waals surface area contributed by atoms with Crippen LogP contribution in [0.1, 0.15) is 17.9 Å². The molecule has 1 aromatic carbocycles.